The second-order valence-electron chi connectivity index (χ2n) is 7.02. The van der Waals surface area contributed by atoms with Gasteiger partial charge in [0.25, 0.3) is 5.78 Å². The number of carbonyl (C=O) groups excluding carboxylic acids is 1. The molecule has 0 unspecified atom stereocenters. The zero-order chi connectivity index (χ0) is 18.3. The second-order valence-corrected chi connectivity index (χ2v) is 8.25. The standard InChI is InChI=1S/C20H22N4OS/c1-4-26-20-22-19-21-17-9-15(10-18(25)16(17)11-24(19)23-20)14-7-5-13(6-8-14)12(2)3/h5-8,11-12,15H,4,9-10H2,1-3H3/t15-/m1/s1. The van der Waals surface area contributed by atoms with Crippen molar-refractivity contribution >= 4 is 23.3 Å². The third-order valence-electron chi connectivity index (χ3n) is 4.91. The van der Waals surface area contributed by atoms with Crippen molar-refractivity contribution in [2.45, 2.75) is 50.6 Å². The van der Waals surface area contributed by atoms with Crippen LogP contribution in [0.4, 0.5) is 0 Å². The Balaban J connectivity index is 1.66. The van der Waals surface area contributed by atoms with Gasteiger partial charge in [-0.25, -0.2) is 9.50 Å². The molecule has 5 nitrogen and oxygen atoms in total. The highest BCUT2D eigenvalue weighted by molar-refractivity contribution is 7.99. The fraction of sp³-hybridized carbons (Fsp3) is 0.400. The van der Waals surface area contributed by atoms with Crippen molar-refractivity contribution in [3.63, 3.8) is 0 Å². The van der Waals surface area contributed by atoms with E-state index in [-0.39, 0.29) is 11.7 Å². The number of benzene rings is 1. The molecule has 1 atom stereocenters. The predicted molar refractivity (Wildman–Crippen MR) is 103 cm³/mol. The highest BCUT2D eigenvalue weighted by Gasteiger charge is 2.28. The number of fused-ring (bicyclic) bond motifs is 2. The predicted octanol–water partition coefficient (Wildman–Crippen LogP) is 4.27. The maximum Gasteiger partial charge on any atom is 0.253 e. The van der Waals surface area contributed by atoms with Gasteiger partial charge in [0.2, 0.25) is 5.16 Å². The van der Waals surface area contributed by atoms with Crippen LogP contribution in [0.3, 0.4) is 0 Å². The zero-order valence-electron chi connectivity index (χ0n) is 15.3. The van der Waals surface area contributed by atoms with Crippen LogP contribution >= 0.6 is 11.8 Å². The van der Waals surface area contributed by atoms with Gasteiger partial charge >= 0.3 is 0 Å². The Bertz CT molecular complexity index is 962. The fourth-order valence-electron chi connectivity index (χ4n) is 3.44. The molecule has 26 heavy (non-hydrogen) atoms. The van der Waals surface area contributed by atoms with Gasteiger partial charge in [0, 0.05) is 12.6 Å². The maximum absolute atomic E-state index is 12.7. The summed E-state index contributed by atoms with van der Waals surface area (Å²) in [6.07, 6.45) is 3.08. The quantitative estimate of drug-likeness (QED) is 0.645. The van der Waals surface area contributed by atoms with E-state index < -0.39 is 0 Å². The second kappa shape index (κ2) is 6.83. The molecule has 4 rings (SSSR count). The topological polar surface area (TPSA) is 60.1 Å². The van der Waals surface area contributed by atoms with Crippen LogP contribution in [0, 0.1) is 0 Å². The molecule has 0 bridgehead atoms. The first-order valence-electron chi connectivity index (χ1n) is 9.07. The van der Waals surface area contributed by atoms with Crippen LogP contribution in [0.15, 0.2) is 35.6 Å². The summed E-state index contributed by atoms with van der Waals surface area (Å²) in [7, 11) is 0. The van der Waals surface area contributed by atoms with E-state index in [9.17, 15) is 4.79 Å². The van der Waals surface area contributed by atoms with Crippen LogP contribution < -0.4 is 0 Å². The Labute approximate surface area is 157 Å². The first-order chi connectivity index (χ1) is 12.5. The largest absolute Gasteiger partial charge is 0.294 e. The van der Waals surface area contributed by atoms with Gasteiger partial charge in [0.1, 0.15) is 0 Å². The van der Waals surface area contributed by atoms with Gasteiger partial charge in [0.15, 0.2) is 5.78 Å². The number of rotatable bonds is 4. The van der Waals surface area contributed by atoms with Crippen LogP contribution in [-0.2, 0) is 6.42 Å². The van der Waals surface area contributed by atoms with Gasteiger partial charge in [-0.1, -0.05) is 56.8 Å². The third kappa shape index (κ3) is 3.14. The summed E-state index contributed by atoms with van der Waals surface area (Å²) in [5.74, 6) is 2.31. The normalized spacial score (nSPS) is 17.1. The number of nitrogens with zero attached hydrogens (tertiary/aromatic N) is 4. The minimum Gasteiger partial charge on any atom is -0.294 e. The van der Waals surface area contributed by atoms with E-state index in [0.717, 1.165) is 17.9 Å². The lowest BCUT2D eigenvalue weighted by atomic mass is 9.81. The van der Waals surface area contributed by atoms with Gasteiger partial charge in [-0.05, 0) is 35.1 Å². The minimum atomic E-state index is 0.138. The van der Waals surface area contributed by atoms with Crippen LogP contribution in [0.5, 0.6) is 0 Å². The van der Waals surface area contributed by atoms with Crippen molar-refractivity contribution < 1.29 is 4.79 Å². The molecule has 0 aliphatic heterocycles. The average molecular weight is 366 g/mol. The molecule has 1 aromatic carbocycles. The first-order valence-corrected chi connectivity index (χ1v) is 10.1. The molecule has 0 N–H and O–H groups in total. The number of ketones is 1. The van der Waals surface area contributed by atoms with Crippen molar-refractivity contribution in [1.29, 1.82) is 0 Å². The summed E-state index contributed by atoms with van der Waals surface area (Å²) in [6.45, 7) is 6.44. The SMILES string of the molecule is CCSc1nc2nc3c(cn2n1)C(=O)C[C@H](c1ccc(C(C)C)cc1)C3. The Morgan fingerprint density at radius 2 is 1.96 bits per heavy atom. The lowest BCUT2D eigenvalue weighted by molar-refractivity contribution is 0.0962. The number of hydrogen-bond donors (Lipinski definition) is 0. The van der Waals surface area contributed by atoms with E-state index >= 15 is 0 Å². The van der Waals surface area contributed by atoms with Gasteiger partial charge in [-0.15, -0.1) is 5.10 Å². The molecule has 6 heteroatoms. The molecule has 3 aromatic rings. The van der Waals surface area contributed by atoms with E-state index in [1.165, 1.54) is 11.1 Å². The molecular weight excluding hydrogens is 344 g/mol. The van der Waals surface area contributed by atoms with Gasteiger partial charge in [0.05, 0.1) is 11.3 Å². The van der Waals surface area contributed by atoms with Crippen LogP contribution in [-0.4, -0.2) is 31.1 Å². The highest BCUT2D eigenvalue weighted by atomic mass is 32.2. The lowest BCUT2D eigenvalue weighted by Crippen LogP contribution is -2.21. The molecule has 2 heterocycles. The van der Waals surface area contributed by atoms with E-state index in [0.29, 0.717) is 28.8 Å². The number of aromatic nitrogens is 4. The molecule has 1 aliphatic rings. The molecular formula is C20H22N4OS. The summed E-state index contributed by atoms with van der Waals surface area (Å²) in [6, 6.07) is 8.65. The number of Topliss-reactive ketones (excluding diaryl/α,β-unsaturated/α-hetero) is 1. The van der Waals surface area contributed by atoms with Gasteiger partial charge in [-0.2, -0.15) is 4.98 Å². The number of hydrogen-bond acceptors (Lipinski definition) is 5. The molecule has 2 aromatic heterocycles. The summed E-state index contributed by atoms with van der Waals surface area (Å²) in [5.41, 5.74) is 4.05. The van der Waals surface area contributed by atoms with Crippen LogP contribution in [0.1, 0.15) is 66.2 Å². The molecule has 134 valence electrons. The Hall–Kier alpha value is -2.21. The molecule has 0 saturated carbocycles. The molecule has 0 radical (unpaired) electrons. The van der Waals surface area contributed by atoms with Crippen molar-refractivity contribution in [1.82, 2.24) is 19.6 Å². The van der Waals surface area contributed by atoms with Gasteiger partial charge in [-0.3, -0.25) is 4.79 Å². The molecule has 0 amide bonds. The monoisotopic (exact) mass is 366 g/mol. The van der Waals surface area contributed by atoms with E-state index in [2.05, 4.69) is 60.1 Å². The van der Waals surface area contributed by atoms with Crippen molar-refractivity contribution in [2.24, 2.45) is 0 Å². The van der Waals surface area contributed by atoms with E-state index in [4.69, 9.17) is 0 Å². The Kier molecular flexibility index (Phi) is 4.53. The highest BCUT2D eigenvalue weighted by Crippen LogP contribution is 2.32. The summed E-state index contributed by atoms with van der Waals surface area (Å²) in [5, 5.41) is 5.11. The van der Waals surface area contributed by atoms with Crippen LogP contribution in [0.2, 0.25) is 0 Å². The molecule has 0 saturated heterocycles. The van der Waals surface area contributed by atoms with Crippen LogP contribution in [0.25, 0.3) is 5.78 Å². The summed E-state index contributed by atoms with van der Waals surface area (Å²) >= 11 is 1.58. The zero-order valence-corrected chi connectivity index (χ0v) is 16.1. The lowest BCUT2D eigenvalue weighted by Gasteiger charge is -2.23. The average Bonchev–Trinajstić information content (AvgIpc) is 3.02. The van der Waals surface area contributed by atoms with Crippen molar-refractivity contribution in [2.75, 3.05) is 5.75 Å². The van der Waals surface area contributed by atoms with Crippen molar-refractivity contribution in [3.8, 4) is 0 Å². The fourth-order valence-corrected chi connectivity index (χ4v) is 3.99. The number of thioether (sulfide) groups is 1. The first kappa shape index (κ1) is 17.2. The number of carbonyl (C=O) groups is 1. The molecule has 1 aliphatic carbocycles. The molecule has 0 spiro atoms. The maximum atomic E-state index is 12.7. The summed E-state index contributed by atoms with van der Waals surface area (Å²) < 4.78 is 1.63. The van der Waals surface area contributed by atoms with Crippen molar-refractivity contribution in [3.05, 3.63) is 52.8 Å². The Morgan fingerprint density at radius 3 is 2.65 bits per heavy atom. The van der Waals surface area contributed by atoms with E-state index in [1.807, 2.05) is 0 Å². The summed E-state index contributed by atoms with van der Waals surface area (Å²) in [4.78, 5) is 21.8. The smallest absolute Gasteiger partial charge is 0.253 e. The Morgan fingerprint density at radius 1 is 1.19 bits per heavy atom. The third-order valence-corrected chi connectivity index (χ3v) is 5.63. The van der Waals surface area contributed by atoms with Gasteiger partial charge < -0.3 is 0 Å². The minimum absolute atomic E-state index is 0.138. The molecule has 0 fully saturated rings. The van der Waals surface area contributed by atoms with E-state index in [1.54, 1.807) is 22.5 Å².